The first-order valence-electron chi connectivity index (χ1n) is 6.14. The summed E-state index contributed by atoms with van der Waals surface area (Å²) in [5.41, 5.74) is 11.2. The van der Waals surface area contributed by atoms with E-state index in [2.05, 4.69) is 4.74 Å². The van der Waals surface area contributed by atoms with Gasteiger partial charge in [0.2, 0.25) is 0 Å². The minimum atomic E-state index is -2.97. The largest absolute Gasteiger partial charge is 0.435 e. The molecule has 0 aliphatic heterocycles. The number of hydrogen-bond donors (Lipinski definition) is 2. The van der Waals surface area contributed by atoms with E-state index < -0.39 is 24.0 Å². The molecule has 0 saturated heterocycles. The Balaban J connectivity index is 2.30. The summed E-state index contributed by atoms with van der Waals surface area (Å²) in [6.07, 6.45) is 3.87. The Labute approximate surface area is 125 Å². The summed E-state index contributed by atoms with van der Waals surface area (Å²) in [6.45, 7) is -2.97. The van der Waals surface area contributed by atoms with Crippen molar-refractivity contribution in [3.63, 3.8) is 0 Å². The highest BCUT2D eigenvalue weighted by Gasteiger charge is 2.33. The average Bonchev–Trinajstić information content (AvgIpc) is 2.38. The van der Waals surface area contributed by atoms with Crippen LogP contribution in [0, 0.1) is 0 Å². The lowest BCUT2D eigenvalue weighted by Crippen LogP contribution is -2.55. The standard InChI is InChI=1S/C14H14ClF3N2O/c15-9-1-2-11(21-13(17)18)8(5-9)7-14(20)4-3-10(16)6-12(14)19/h1-6,12-13H,7,19-20H2. The molecule has 0 fully saturated rings. The third-order valence-corrected chi connectivity index (χ3v) is 3.48. The molecule has 0 radical (unpaired) electrons. The van der Waals surface area contributed by atoms with Gasteiger partial charge in [0.1, 0.15) is 11.6 Å². The predicted octanol–water partition coefficient (Wildman–Crippen LogP) is 2.93. The zero-order valence-electron chi connectivity index (χ0n) is 10.9. The Morgan fingerprint density at radius 1 is 1.38 bits per heavy atom. The van der Waals surface area contributed by atoms with E-state index >= 15 is 0 Å². The number of benzene rings is 1. The van der Waals surface area contributed by atoms with E-state index in [0.717, 1.165) is 0 Å². The second kappa shape index (κ2) is 6.09. The van der Waals surface area contributed by atoms with Crippen LogP contribution in [-0.2, 0) is 6.42 Å². The van der Waals surface area contributed by atoms with Gasteiger partial charge < -0.3 is 16.2 Å². The highest BCUT2D eigenvalue weighted by Crippen LogP contribution is 2.30. The molecule has 114 valence electrons. The molecule has 0 amide bonds. The van der Waals surface area contributed by atoms with Crippen molar-refractivity contribution in [2.24, 2.45) is 11.5 Å². The first-order chi connectivity index (χ1) is 9.80. The Hall–Kier alpha value is -1.50. The van der Waals surface area contributed by atoms with Crippen molar-refractivity contribution >= 4 is 11.6 Å². The normalized spacial score (nSPS) is 25.1. The summed E-state index contributed by atoms with van der Waals surface area (Å²) in [7, 11) is 0. The molecule has 1 aromatic carbocycles. The number of halogens is 4. The summed E-state index contributed by atoms with van der Waals surface area (Å²) >= 11 is 5.87. The Kier molecular flexibility index (Phi) is 4.61. The van der Waals surface area contributed by atoms with Gasteiger partial charge in [0.15, 0.2) is 0 Å². The fraction of sp³-hybridized carbons (Fsp3) is 0.286. The molecule has 2 unspecified atom stereocenters. The summed E-state index contributed by atoms with van der Waals surface area (Å²) in [4.78, 5) is 0. The Morgan fingerprint density at radius 2 is 2.10 bits per heavy atom. The van der Waals surface area contributed by atoms with Gasteiger partial charge in [-0.15, -0.1) is 0 Å². The zero-order valence-corrected chi connectivity index (χ0v) is 11.7. The summed E-state index contributed by atoms with van der Waals surface area (Å²) in [6, 6.07) is 3.45. The highest BCUT2D eigenvalue weighted by molar-refractivity contribution is 6.30. The molecule has 21 heavy (non-hydrogen) atoms. The molecule has 1 aromatic rings. The molecule has 1 aliphatic carbocycles. The van der Waals surface area contributed by atoms with Crippen molar-refractivity contribution in [3.8, 4) is 5.75 Å². The maximum Gasteiger partial charge on any atom is 0.387 e. The van der Waals surface area contributed by atoms with E-state index in [1.807, 2.05) is 0 Å². The highest BCUT2D eigenvalue weighted by atomic mass is 35.5. The van der Waals surface area contributed by atoms with Crippen LogP contribution in [-0.4, -0.2) is 18.2 Å². The third-order valence-electron chi connectivity index (χ3n) is 3.25. The van der Waals surface area contributed by atoms with Crippen molar-refractivity contribution < 1.29 is 17.9 Å². The van der Waals surface area contributed by atoms with Gasteiger partial charge in [-0.1, -0.05) is 17.7 Å². The van der Waals surface area contributed by atoms with Crippen LogP contribution in [0.5, 0.6) is 5.75 Å². The summed E-state index contributed by atoms with van der Waals surface area (Å²) < 4.78 is 42.4. The van der Waals surface area contributed by atoms with Gasteiger partial charge in [-0.3, -0.25) is 0 Å². The van der Waals surface area contributed by atoms with Crippen LogP contribution in [0.1, 0.15) is 5.56 Å². The van der Waals surface area contributed by atoms with Crippen molar-refractivity contribution in [2.45, 2.75) is 24.6 Å². The van der Waals surface area contributed by atoms with Gasteiger partial charge >= 0.3 is 6.61 Å². The molecular formula is C14H14ClF3N2O. The lowest BCUT2D eigenvalue weighted by Gasteiger charge is -2.33. The lowest BCUT2D eigenvalue weighted by atomic mass is 9.82. The van der Waals surface area contributed by atoms with Gasteiger partial charge in [-0.05, 0) is 42.3 Å². The van der Waals surface area contributed by atoms with Crippen molar-refractivity contribution in [1.82, 2.24) is 0 Å². The smallest absolute Gasteiger partial charge is 0.387 e. The van der Waals surface area contributed by atoms with Gasteiger partial charge in [0.05, 0.1) is 5.54 Å². The summed E-state index contributed by atoms with van der Waals surface area (Å²) in [5, 5.41) is 0.352. The van der Waals surface area contributed by atoms with Crippen LogP contribution < -0.4 is 16.2 Å². The molecule has 2 atom stereocenters. The molecule has 1 aliphatic rings. The topological polar surface area (TPSA) is 61.3 Å². The van der Waals surface area contributed by atoms with Gasteiger partial charge in [0.25, 0.3) is 0 Å². The molecule has 0 bridgehead atoms. The van der Waals surface area contributed by atoms with E-state index in [1.54, 1.807) is 0 Å². The summed E-state index contributed by atoms with van der Waals surface area (Å²) in [5.74, 6) is -0.520. The number of rotatable bonds is 4. The van der Waals surface area contributed by atoms with E-state index in [1.165, 1.54) is 36.4 Å². The molecule has 0 spiro atoms. The van der Waals surface area contributed by atoms with E-state index in [0.29, 0.717) is 10.6 Å². The molecule has 2 rings (SSSR count). The van der Waals surface area contributed by atoms with Crippen LogP contribution in [0.2, 0.25) is 5.02 Å². The number of alkyl halides is 2. The van der Waals surface area contributed by atoms with E-state index in [-0.39, 0.29) is 12.2 Å². The van der Waals surface area contributed by atoms with Crippen LogP contribution in [0.3, 0.4) is 0 Å². The number of allylic oxidation sites excluding steroid dienone is 2. The second-order valence-corrected chi connectivity index (χ2v) is 5.27. The minimum Gasteiger partial charge on any atom is -0.435 e. The maximum absolute atomic E-state index is 13.1. The number of nitrogens with two attached hydrogens (primary N) is 2. The molecule has 0 saturated carbocycles. The van der Waals surface area contributed by atoms with Crippen LogP contribution in [0.4, 0.5) is 13.2 Å². The van der Waals surface area contributed by atoms with Crippen molar-refractivity contribution in [3.05, 3.63) is 52.8 Å². The lowest BCUT2D eigenvalue weighted by molar-refractivity contribution is -0.0505. The Morgan fingerprint density at radius 3 is 2.71 bits per heavy atom. The van der Waals surface area contributed by atoms with Gasteiger partial charge in [-0.2, -0.15) is 8.78 Å². The minimum absolute atomic E-state index is 0.0325. The van der Waals surface area contributed by atoms with E-state index in [4.69, 9.17) is 23.1 Å². The van der Waals surface area contributed by atoms with E-state index in [9.17, 15) is 13.2 Å². The molecule has 7 heteroatoms. The molecular weight excluding hydrogens is 305 g/mol. The van der Waals surface area contributed by atoms with Gasteiger partial charge in [0, 0.05) is 11.1 Å². The van der Waals surface area contributed by atoms with Crippen LogP contribution >= 0.6 is 11.6 Å². The fourth-order valence-electron chi connectivity index (χ4n) is 2.13. The average molecular weight is 319 g/mol. The number of ether oxygens (including phenoxy) is 1. The van der Waals surface area contributed by atoms with Crippen molar-refractivity contribution in [2.75, 3.05) is 0 Å². The molecule has 0 heterocycles. The zero-order chi connectivity index (χ0) is 15.6. The fourth-order valence-corrected chi connectivity index (χ4v) is 2.33. The van der Waals surface area contributed by atoms with Gasteiger partial charge in [-0.25, -0.2) is 4.39 Å². The van der Waals surface area contributed by atoms with Crippen LogP contribution in [0.15, 0.2) is 42.3 Å². The molecule has 4 N–H and O–H groups in total. The quantitative estimate of drug-likeness (QED) is 0.897. The first-order valence-corrected chi connectivity index (χ1v) is 6.52. The number of hydrogen-bond acceptors (Lipinski definition) is 3. The Bertz CT molecular complexity index is 592. The second-order valence-electron chi connectivity index (χ2n) is 4.83. The SMILES string of the molecule is NC1C=C(F)C=CC1(N)Cc1cc(Cl)ccc1OC(F)F. The molecule has 3 nitrogen and oxygen atoms in total. The predicted molar refractivity (Wildman–Crippen MR) is 75.0 cm³/mol. The van der Waals surface area contributed by atoms with Crippen molar-refractivity contribution in [1.29, 1.82) is 0 Å². The monoisotopic (exact) mass is 318 g/mol. The maximum atomic E-state index is 13.1. The third kappa shape index (κ3) is 3.78. The first kappa shape index (κ1) is 15.9. The molecule has 0 aromatic heterocycles. The van der Waals surface area contributed by atoms with Crippen LogP contribution in [0.25, 0.3) is 0 Å².